The van der Waals surface area contributed by atoms with Gasteiger partial charge in [-0.2, -0.15) is 0 Å². The Kier molecular flexibility index (Phi) is 4.52. The van der Waals surface area contributed by atoms with Crippen molar-refractivity contribution < 1.29 is 4.79 Å². The van der Waals surface area contributed by atoms with Crippen LogP contribution in [0.15, 0.2) is 18.2 Å². The molecule has 0 radical (unpaired) electrons. The second-order valence-electron chi connectivity index (χ2n) is 4.77. The van der Waals surface area contributed by atoms with E-state index >= 15 is 0 Å². The van der Waals surface area contributed by atoms with Crippen molar-refractivity contribution in [2.24, 2.45) is 0 Å². The third-order valence-corrected chi connectivity index (χ3v) is 4.25. The summed E-state index contributed by atoms with van der Waals surface area (Å²) in [5.41, 5.74) is 1.64. The molecule has 0 aromatic heterocycles. The van der Waals surface area contributed by atoms with Gasteiger partial charge in [-0.05, 0) is 49.9 Å². The first kappa shape index (κ1) is 13.7. The van der Waals surface area contributed by atoms with Crippen LogP contribution in [0.3, 0.4) is 0 Å². The second-order valence-corrected chi connectivity index (χ2v) is 5.48. The van der Waals surface area contributed by atoms with Gasteiger partial charge in [-0.15, -0.1) is 11.6 Å². The van der Waals surface area contributed by atoms with Crippen LogP contribution in [0.2, 0.25) is 5.02 Å². The van der Waals surface area contributed by atoms with Crippen LogP contribution in [0.1, 0.15) is 35.2 Å². The van der Waals surface area contributed by atoms with Crippen LogP contribution in [-0.4, -0.2) is 29.3 Å². The number of hydrogen-bond donors (Lipinski definition) is 0. The highest BCUT2D eigenvalue weighted by Gasteiger charge is 2.26. The van der Waals surface area contributed by atoms with E-state index in [2.05, 4.69) is 0 Å². The molecule has 4 heteroatoms. The number of piperidine rings is 1. The first-order valence-corrected chi connectivity index (χ1v) is 7.18. The SMILES string of the molecule is Cc1cc(C(=O)N2CCCCC2CCl)ccc1Cl. The van der Waals surface area contributed by atoms with E-state index in [1.165, 1.54) is 0 Å². The summed E-state index contributed by atoms with van der Waals surface area (Å²) < 4.78 is 0. The minimum atomic E-state index is 0.0696. The molecule has 1 aliphatic rings. The molecule has 0 bridgehead atoms. The van der Waals surface area contributed by atoms with Crippen molar-refractivity contribution in [3.8, 4) is 0 Å². The molecule has 2 rings (SSSR count). The summed E-state index contributed by atoms with van der Waals surface area (Å²) >= 11 is 11.9. The van der Waals surface area contributed by atoms with Gasteiger partial charge in [-0.25, -0.2) is 0 Å². The molecule has 0 saturated carbocycles. The number of hydrogen-bond acceptors (Lipinski definition) is 1. The molecule has 2 nitrogen and oxygen atoms in total. The summed E-state index contributed by atoms with van der Waals surface area (Å²) in [4.78, 5) is 14.4. The van der Waals surface area contributed by atoms with Gasteiger partial charge in [0.2, 0.25) is 0 Å². The van der Waals surface area contributed by atoms with E-state index in [1.807, 2.05) is 17.9 Å². The molecule has 0 N–H and O–H groups in total. The van der Waals surface area contributed by atoms with Gasteiger partial charge in [-0.1, -0.05) is 11.6 Å². The van der Waals surface area contributed by atoms with E-state index in [-0.39, 0.29) is 11.9 Å². The quantitative estimate of drug-likeness (QED) is 0.755. The summed E-state index contributed by atoms with van der Waals surface area (Å²) in [6.45, 7) is 2.71. The molecule has 1 atom stereocenters. The molecular formula is C14H17Cl2NO. The molecule has 1 saturated heterocycles. The van der Waals surface area contributed by atoms with Crippen molar-refractivity contribution in [2.45, 2.75) is 32.2 Å². The zero-order valence-corrected chi connectivity index (χ0v) is 12.0. The van der Waals surface area contributed by atoms with Gasteiger partial charge in [0.1, 0.15) is 0 Å². The van der Waals surface area contributed by atoms with Gasteiger partial charge in [0, 0.05) is 29.1 Å². The molecule has 1 aromatic carbocycles. The van der Waals surface area contributed by atoms with Crippen LogP contribution in [0.5, 0.6) is 0 Å². The summed E-state index contributed by atoms with van der Waals surface area (Å²) in [5.74, 6) is 0.582. The molecule has 98 valence electrons. The number of benzene rings is 1. The number of carbonyl (C=O) groups excluding carboxylic acids is 1. The molecule has 1 aliphatic heterocycles. The first-order chi connectivity index (χ1) is 8.63. The van der Waals surface area contributed by atoms with Crippen molar-refractivity contribution >= 4 is 29.1 Å². The fourth-order valence-electron chi connectivity index (χ4n) is 2.37. The van der Waals surface area contributed by atoms with Gasteiger partial charge in [0.25, 0.3) is 5.91 Å². The van der Waals surface area contributed by atoms with Gasteiger partial charge < -0.3 is 4.90 Å². The first-order valence-electron chi connectivity index (χ1n) is 6.26. The van der Waals surface area contributed by atoms with Crippen LogP contribution in [0.25, 0.3) is 0 Å². The normalized spacial score (nSPS) is 19.9. The zero-order chi connectivity index (χ0) is 13.1. The lowest BCUT2D eigenvalue weighted by Gasteiger charge is -2.34. The highest BCUT2D eigenvalue weighted by atomic mass is 35.5. The number of halogens is 2. The Bertz CT molecular complexity index is 447. The Balaban J connectivity index is 2.21. The summed E-state index contributed by atoms with van der Waals surface area (Å²) in [6, 6.07) is 5.59. The van der Waals surface area contributed by atoms with Crippen LogP contribution < -0.4 is 0 Å². The van der Waals surface area contributed by atoms with Crippen molar-refractivity contribution in [3.63, 3.8) is 0 Å². The van der Waals surface area contributed by atoms with E-state index in [1.54, 1.807) is 12.1 Å². The average Bonchev–Trinajstić information content (AvgIpc) is 2.41. The van der Waals surface area contributed by atoms with Crippen LogP contribution >= 0.6 is 23.2 Å². The lowest BCUT2D eigenvalue weighted by molar-refractivity contribution is 0.0639. The molecular weight excluding hydrogens is 269 g/mol. The third-order valence-electron chi connectivity index (χ3n) is 3.47. The van der Waals surface area contributed by atoms with E-state index in [4.69, 9.17) is 23.2 Å². The Morgan fingerprint density at radius 1 is 1.44 bits per heavy atom. The van der Waals surface area contributed by atoms with Gasteiger partial charge in [-0.3, -0.25) is 4.79 Å². The van der Waals surface area contributed by atoms with Gasteiger partial charge >= 0.3 is 0 Å². The third kappa shape index (κ3) is 2.81. The number of likely N-dealkylation sites (tertiary alicyclic amines) is 1. The van der Waals surface area contributed by atoms with Gasteiger partial charge in [0.05, 0.1) is 0 Å². The fraction of sp³-hybridized carbons (Fsp3) is 0.500. The zero-order valence-electron chi connectivity index (χ0n) is 10.5. The molecule has 0 aliphatic carbocycles. The number of alkyl halides is 1. The molecule has 18 heavy (non-hydrogen) atoms. The van der Waals surface area contributed by atoms with E-state index in [0.29, 0.717) is 16.5 Å². The Labute approximate surface area is 118 Å². The van der Waals surface area contributed by atoms with Crippen molar-refractivity contribution in [1.82, 2.24) is 4.90 Å². The lowest BCUT2D eigenvalue weighted by Crippen LogP contribution is -2.44. The minimum absolute atomic E-state index is 0.0696. The molecule has 1 amide bonds. The summed E-state index contributed by atoms with van der Waals surface area (Å²) in [7, 11) is 0. The average molecular weight is 286 g/mol. The Morgan fingerprint density at radius 3 is 2.89 bits per heavy atom. The second kappa shape index (κ2) is 5.94. The maximum atomic E-state index is 12.5. The van der Waals surface area contributed by atoms with Gasteiger partial charge in [0.15, 0.2) is 0 Å². The maximum Gasteiger partial charge on any atom is 0.254 e. The fourth-order valence-corrected chi connectivity index (χ4v) is 2.81. The predicted octanol–water partition coefficient (Wildman–Crippen LogP) is 3.88. The largest absolute Gasteiger partial charge is 0.334 e. The van der Waals surface area contributed by atoms with Crippen LogP contribution in [0, 0.1) is 6.92 Å². The molecule has 1 fully saturated rings. The lowest BCUT2D eigenvalue weighted by atomic mass is 10.0. The smallest absolute Gasteiger partial charge is 0.254 e. The number of rotatable bonds is 2. The highest BCUT2D eigenvalue weighted by molar-refractivity contribution is 6.31. The Hall–Kier alpha value is -0.730. The molecule has 1 aromatic rings. The standard InChI is InChI=1S/C14H17Cl2NO/c1-10-8-11(5-6-13(10)16)14(18)17-7-3-2-4-12(17)9-15/h5-6,8,12H,2-4,7,9H2,1H3. The molecule has 1 unspecified atom stereocenters. The van der Waals surface area contributed by atoms with Crippen molar-refractivity contribution in [2.75, 3.05) is 12.4 Å². The highest BCUT2D eigenvalue weighted by Crippen LogP contribution is 2.22. The Morgan fingerprint density at radius 2 is 2.22 bits per heavy atom. The van der Waals surface area contributed by atoms with Crippen molar-refractivity contribution in [3.05, 3.63) is 34.3 Å². The summed E-state index contributed by atoms with van der Waals surface area (Å²) in [5, 5.41) is 0.694. The molecule has 0 spiro atoms. The van der Waals surface area contributed by atoms with E-state index in [9.17, 15) is 4.79 Å². The number of aryl methyl sites for hydroxylation is 1. The number of carbonyl (C=O) groups is 1. The topological polar surface area (TPSA) is 20.3 Å². The van der Waals surface area contributed by atoms with E-state index < -0.39 is 0 Å². The predicted molar refractivity (Wildman–Crippen MR) is 75.6 cm³/mol. The van der Waals surface area contributed by atoms with E-state index in [0.717, 1.165) is 31.4 Å². The maximum absolute atomic E-state index is 12.5. The summed E-state index contributed by atoms with van der Waals surface area (Å²) in [6.07, 6.45) is 3.22. The van der Waals surface area contributed by atoms with Crippen LogP contribution in [0.4, 0.5) is 0 Å². The number of nitrogens with zero attached hydrogens (tertiary/aromatic N) is 1. The minimum Gasteiger partial charge on any atom is -0.334 e. The monoisotopic (exact) mass is 285 g/mol. The van der Waals surface area contributed by atoms with Crippen LogP contribution in [-0.2, 0) is 0 Å². The van der Waals surface area contributed by atoms with Crippen molar-refractivity contribution in [1.29, 1.82) is 0 Å². The molecule has 1 heterocycles. The number of amides is 1.